The number of rotatable bonds is 7. The van der Waals surface area contributed by atoms with E-state index in [4.69, 9.17) is 15.2 Å². The van der Waals surface area contributed by atoms with Crippen LogP contribution in [-0.2, 0) is 6.54 Å². The first-order valence-electron chi connectivity index (χ1n) is 11.2. The summed E-state index contributed by atoms with van der Waals surface area (Å²) >= 11 is 0. The van der Waals surface area contributed by atoms with E-state index < -0.39 is 5.91 Å². The number of hydrogen-bond donors (Lipinski definition) is 1. The minimum atomic E-state index is -0.479. The Morgan fingerprint density at radius 2 is 1.94 bits per heavy atom. The molecule has 7 nitrogen and oxygen atoms in total. The lowest BCUT2D eigenvalue weighted by Gasteiger charge is -2.32. The van der Waals surface area contributed by atoms with Gasteiger partial charge in [-0.1, -0.05) is 12.1 Å². The van der Waals surface area contributed by atoms with Crippen LogP contribution in [0.25, 0.3) is 0 Å². The van der Waals surface area contributed by atoms with Crippen LogP contribution in [-0.4, -0.2) is 47.1 Å². The van der Waals surface area contributed by atoms with Gasteiger partial charge in [-0.2, -0.15) is 0 Å². The van der Waals surface area contributed by atoms with E-state index in [1.165, 1.54) is 18.4 Å². The molecule has 166 valence electrons. The molecule has 0 unspecified atom stereocenters. The highest BCUT2D eigenvalue weighted by molar-refractivity contribution is 5.93. The van der Waals surface area contributed by atoms with Gasteiger partial charge >= 0.3 is 0 Å². The second-order valence-corrected chi connectivity index (χ2v) is 8.61. The molecule has 2 aliphatic rings. The third-order valence-electron chi connectivity index (χ3n) is 6.48. The molecule has 2 fully saturated rings. The summed E-state index contributed by atoms with van der Waals surface area (Å²) in [7, 11) is 1.71. The third-order valence-corrected chi connectivity index (χ3v) is 6.48. The molecule has 0 spiro atoms. The van der Waals surface area contributed by atoms with Crippen LogP contribution in [0.4, 0.5) is 0 Å². The van der Waals surface area contributed by atoms with Crippen molar-refractivity contribution in [1.29, 1.82) is 0 Å². The number of carbonyl (C=O) groups excluding carboxylic acids is 1. The molecule has 1 saturated heterocycles. The Bertz CT molecular complexity index is 919. The van der Waals surface area contributed by atoms with Gasteiger partial charge in [0.25, 0.3) is 5.91 Å². The molecule has 4 rings (SSSR count). The van der Waals surface area contributed by atoms with E-state index in [1.54, 1.807) is 13.3 Å². The molecule has 0 atom stereocenters. The number of methoxy groups -OCH3 is 1. The quantitative estimate of drug-likeness (QED) is 0.730. The Balaban J connectivity index is 1.41. The lowest BCUT2D eigenvalue weighted by atomic mass is 9.95. The molecule has 1 aliphatic heterocycles. The summed E-state index contributed by atoms with van der Waals surface area (Å²) < 4.78 is 12.0. The molecule has 31 heavy (non-hydrogen) atoms. The highest BCUT2D eigenvalue weighted by Crippen LogP contribution is 2.36. The van der Waals surface area contributed by atoms with Crippen molar-refractivity contribution in [1.82, 2.24) is 14.9 Å². The van der Waals surface area contributed by atoms with Crippen LogP contribution in [0.1, 0.15) is 71.9 Å². The lowest BCUT2D eigenvalue weighted by Crippen LogP contribution is -2.33. The number of likely N-dealkylation sites (tertiary alicyclic amines) is 1. The molecule has 2 N–H and O–H groups in total. The molecule has 1 aromatic heterocycles. The fourth-order valence-corrected chi connectivity index (χ4v) is 4.67. The van der Waals surface area contributed by atoms with Gasteiger partial charge in [0.05, 0.1) is 24.5 Å². The number of aromatic nitrogens is 2. The van der Waals surface area contributed by atoms with E-state index in [-0.39, 0.29) is 0 Å². The van der Waals surface area contributed by atoms with E-state index >= 15 is 0 Å². The van der Waals surface area contributed by atoms with Crippen molar-refractivity contribution in [3.8, 4) is 11.5 Å². The number of para-hydroxylation sites is 1. The molecule has 1 aromatic carbocycles. The smallest absolute Gasteiger partial charge is 0.252 e. The molecular formula is C24H32N4O3. The second-order valence-electron chi connectivity index (χ2n) is 8.61. The summed E-state index contributed by atoms with van der Waals surface area (Å²) in [5.41, 5.74) is 7.61. The number of aryl methyl sites for hydroxylation is 1. The molecule has 7 heteroatoms. The number of nitrogens with zero attached hydrogens (tertiary/aromatic N) is 3. The number of ether oxygens (including phenoxy) is 2. The van der Waals surface area contributed by atoms with Crippen molar-refractivity contribution in [3.63, 3.8) is 0 Å². The normalized spacial score (nSPS) is 18.3. The monoisotopic (exact) mass is 424 g/mol. The van der Waals surface area contributed by atoms with Gasteiger partial charge in [-0.15, -0.1) is 0 Å². The van der Waals surface area contributed by atoms with E-state index in [2.05, 4.69) is 20.9 Å². The maximum absolute atomic E-state index is 11.4. The Kier molecular flexibility index (Phi) is 6.70. The standard InChI is InChI=1S/C24H32N4O3/c1-16-20(23(25)29)14-26-24(27-16)17-10-12-28(13-11-17)15-18-6-5-9-21(30-2)22(18)31-19-7-3-4-8-19/h5-6,9,14,17,19H,3-4,7-8,10-13,15H2,1-2H3,(H2,25,29). The van der Waals surface area contributed by atoms with Crippen LogP contribution in [0.2, 0.25) is 0 Å². The van der Waals surface area contributed by atoms with E-state index in [0.717, 1.165) is 62.6 Å². The molecule has 0 radical (unpaired) electrons. The molecule has 2 aromatic rings. The summed E-state index contributed by atoms with van der Waals surface area (Å²) in [6.07, 6.45) is 8.55. The summed E-state index contributed by atoms with van der Waals surface area (Å²) in [5.74, 6) is 2.36. The zero-order valence-electron chi connectivity index (χ0n) is 18.5. The fraction of sp³-hybridized carbons (Fsp3) is 0.542. The molecule has 1 saturated carbocycles. The Labute approximate surface area is 184 Å². The average molecular weight is 425 g/mol. The lowest BCUT2D eigenvalue weighted by molar-refractivity contribution is 0.0998. The van der Waals surface area contributed by atoms with Gasteiger partial charge in [-0.05, 0) is 64.6 Å². The van der Waals surface area contributed by atoms with E-state index in [1.807, 2.05) is 19.1 Å². The van der Waals surface area contributed by atoms with Gasteiger partial charge in [0.2, 0.25) is 0 Å². The molecular weight excluding hydrogens is 392 g/mol. The largest absolute Gasteiger partial charge is 0.493 e. The van der Waals surface area contributed by atoms with Crippen molar-refractivity contribution >= 4 is 5.91 Å². The summed E-state index contributed by atoms with van der Waals surface area (Å²) in [4.78, 5) is 22.9. The number of carbonyl (C=O) groups is 1. The summed E-state index contributed by atoms with van der Waals surface area (Å²) in [5, 5.41) is 0. The van der Waals surface area contributed by atoms with E-state index in [0.29, 0.717) is 23.3 Å². The first kappa shape index (κ1) is 21.6. The van der Waals surface area contributed by atoms with Gasteiger partial charge in [-0.3, -0.25) is 9.69 Å². The number of nitrogens with two attached hydrogens (primary N) is 1. The first-order valence-corrected chi connectivity index (χ1v) is 11.2. The number of piperidine rings is 1. The van der Waals surface area contributed by atoms with Crippen molar-refractivity contribution in [3.05, 3.63) is 47.0 Å². The van der Waals surface area contributed by atoms with Gasteiger partial charge in [0.15, 0.2) is 11.5 Å². The average Bonchev–Trinajstić information content (AvgIpc) is 3.28. The van der Waals surface area contributed by atoms with Crippen LogP contribution >= 0.6 is 0 Å². The zero-order valence-corrected chi connectivity index (χ0v) is 18.5. The van der Waals surface area contributed by atoms with Gasteiger partial charge in [0, 0.05) is 24.2 Å². The van der Waals surface area contributed by atoms with Crippen LogP contribution < -0.4 is 15.2 Å². The number of benzene rings is 1. The van der Waals surface area contributed by atoms with Crippen molar-refractivity contribution in [2.24, 2.45) is 5.73 Å². The van der Waals surface area contributed by atoms with Crippen molar-refractivity contribution in [2.75, 3.05) is 20.2 Å². The van der Waals surface area contributed by atoms with Crippen molar-refractivity contribution in [2.45, 2.75) is 64.0 Å². The Morgan fingerprint density at radius 3 is 2.58 bits per heavy atom. The van der Waals surface area contributed by atoms with Crippen LogP contribution in [0.15, 0.2) is 24.4 Å². The van der Waals surface area contributed by atoms with Crippen LogP contribution in [0.5, 0.6) is 11.5 Å². The number of amides is 1. The maximum atomic E-state index is 11.4. The number of hydrogen-bond acceptors (Lipinski definition) is 6. The first-order chi connectivity index (χ1) is 15.0. The molecule has 0 bridgehead atoms. The predicted molar refractivity (Wildman–Crippen MR) is 118 cm³/mol. The SMILES string of the molecule is COc1cccc(CN2CCC(c3ncc(C(N)=O)c(C)n3)CC2)c1OC1CCCC1. The molecule has 2 heterocycles. The molecule has 1 aliphatic carbocycles. The van der Waals surface area contributed by atoms with Gasteiger partial charge in [0.1, 0.15) is 5.82 Å². The maximum Gasteiger partial charge on any atom is 0.252 e. The van der Waals surface area contributed by atoms with Crippen LogP contribution in [0, 0.1) is 6.92 Å². The Morgan fingerprint density at radius 1 is 1.19 bits per heavy atom. The minimum Gasteiger partial charge on any atom is -0.493 e. The minimum absolute atomic E-state index is 0.296. The third kappa shape index (κ3) is 4.98. The van der Waals surface area contributed by atoms with Crippen LogP contribution in [0.3, 0.4) is 0 Å². The van der Waals surface area contributed by atoms with Crippen molar-refractivity contribution < 1.29 is 14.3 Å². The highest BCUT2D eigenvalue weighted by Gasteiger charge is 2.26. The summed E-state index contributed by atoms with van der Waals surface area (Å²) in [6.45, 7) is 4.58. The number of primary amides is 1. The van der Waals surface area contributed by atoms with Gasteiger partial charge < -0.3 is 15.2 Å². The summed E-state index contributed by atoms with van der Waals surface area (Å²) in [6, 6.07) is 6.17. The Hall–Kier alpha value is -2.67. The zero-order chi connectivity index (χ0) is 21.8. The van der Waals surface area contributed by atoms with Gasteiger partial charge in [-0.25, -0.2) is 9.97 Å². The second kappa shape index (κ2) is 9.64. The topological polar surface area (TPSA) is 90.6 Å². The highest BCUT2D eigenvalue weighted by atomic mass is 16.5. The van der Waals surface area contributed by atoms with E-state index in [9.17, 15) is 4.79 Å². The fourth-order valence-electron chi connectivity index (χ4n) is 4.67. The predicted octanol–water partition coefficient (Wildman–Crippen LogP) is 3.59. The molecule has 1 amide bonds.